The lowest BCUT2D eigenvalue weighted by Gasteiger charge is -2.24. The molecule has 3 nitrogen and oxygen atoms in total. The summed E-state index contributed by atoms with van der Waals surface area (Å²) in [5.41, 5.74) is 2.35. The SMILES string of the molecule is CCC1(C)CNc2c(ccc(Cl)c2C)NC1=O. The van der Waals surface area contributed by atoms with Crippen LogP contribution in [0.2, 0.25) is 5.02 Å². The van der Waals surface area contributed by atoms with Gasteiger partial charge < -0.3 is 10.6 Å². The van der Waals surface area contributed by atoms with Crippen molar-refractivity contribution in [3.8, 4) is 0 Å². The molecule has 0 bridgehead atoms. The predicted octanol–water partition coefficient (Wildman–Crippen LogP) is 3.43. The highest BCUT2D eigenvalue weighted by Gasteiger charge is 2.34. The number of nitrogens with one attached hydrogen (secondary N) is 2. The quantitative estimate of drug-likeness (QED) is 0.804. The van der Waals surface area contributed by atoms with E-state index < -0.39 is 0 Å². The molecule has 1 unspecified atom stereocenters. The van der Waals surface area contributed by atoms with Crippen molar-refractivity contribution in [2.45, 2.75) is 27.2 Å². The van der Waals surface area contributed by atoms with Crippen molar-refractivity contribution in [3.05, 3.63) is 22.7 Å². The molecule has 1 aromatic carbocycles. The van der Waals surface area contributed by atoms with Gasteiger partial charge in [0.05, 0.1) is 16.8 Å². The van der Waals surface area contributed by atoms with E-state index in [4.69, 9.17) is 11.6 Å². The van der Waals surface area contributed by atoms with Gasteiger partial charge in [-0.25, -0.2) is 0 Å². The number of carbonyl (C=O) groups is 1. The Kier molecular flexibility index (Phi) is 3.04. The number of carbonyl (C=O) groups excluding carboxylic acids is 1. The second kappa shape index (κ2) is 4.22. The summed E-state index contributed by atoms with van der Waals surface area (Å²) in [4.78, 5) is 12.1. The minimum Gasteiger partial charge on any atom is -0.382 e. The Balaban J connectivity index is 2.45. The molecule has 4 heteroatoms. The van der Waals surface area contributed by atoms with E-state index in [1.54, 1.807) is 0 Å². The predicted molar refractivity (Wildman–Crippen MR) is 71.7 cm³/mol. The van der Waals surface area contributed by atoms with Gasteiger partial charge in [0, 0.05) is 11.6 Å². The molecule has 1 aliphatic rings. The van der Waals surface area contributed by atoms with Crippen molar-refractivity contribution in [3.63, 3.8) is 0 Å². The number of anilines is 2. The van der Waals surface area contributed by atoms with Gasteiger partial charge in [-0.15, -0.1) is 0 Å². The lowest BCUT2D eigenvalue weighted by molar-refractivity contribution is -0.124. The highest BCUT2D eigenvalue weighted by atomic mass is 35.5. The summed E-state index contributed by atoms with van der Waals surface area (Å²) in [6, 6.07) is 3.66. The van der Waals surface area contributed by atoms with Crippen LogP contribution < -0.4 is 10.6 Å². The number of halogens is 1. The molecule has 1 heterocycles. The Labute approximate surface area is 107 Å². The average molecular weight is 253 g/mol. The van der Waals surface area contributed by atoms with Gasteiger partial charge in [0.15, 0.2) is 0 Å². The second-order valence-electron chi connectivity index (χ2n) is 4.82. The molecule has 0 aromatic heterocycles. The zero-order valence-corrected chi connectivity index (χ0v) is 11.1. The topological polar surface area (TPSA) is 41.1 Å². The summed E-state index contributed by atoms with van der Waals surface area (Å²) < 4.78 is 0. The van der Waals surface area contributed by atoms with Crippen LogP contribution in [0.25, 0.3) is 0 Å². The van der Waals surface area contributed by atoms with Crippen LogP contribution in [0.15, 0.2) is 12.1 Å². The molecule has 17 heavy (non-hydrogen) atoms. The van der Waals surface area contributed by atoms with Gasteiger partial charge in [-0.1, -0.05) is 18.5 Å². The molecule has 2 rings (SSSR count). The largest absolute Gasteiger partial charge is 0.382 e. The Morgan fingerprint density at radius 3 is 2.82 bits per heavy atom. The minimum atomic E-state index is -0.377. The van der Waals surface area contributed by atoms with E-state index in [9.17, 15) is 4.79 Å². The summed E-state index contributed by atoms with van der Waals surface area (Å²) in [6.07, 6.45) is 0.798. The second-order valence-corrected chi connectivity index (χ2v) is 5.22. The molecule has 1 aliphatic heterocycles. The molecule has 0 saturated carbocycles. The summed E-state index contributed by atoms with van der Waals surface area (Å²) in [6.45, 7) is 6.58. The van der Waals surface area contributed by atoms with Crippen LogP contribution in [-0.4, -0.2) is 12.5 Å². The van der Waals surface area contributed by atoms with Crippen LogP contribution in [0, 0.1) is 12.3 Å². The third kappa shape index (κ3) is 2.00. The summed E-state index contributed by atoms with van der Waals surface area (Å²) in [5, 5.41) is 7.02. The minimum absolute atomic E-state index is 0.0629. The zero-order chi connectivity index (χ0) is 12.6. The number of rotatable bonds is 1. The lowest BCUT2D eigenvalue weighted by Crippen LogP contribution is -2.36. The molecular weight excluding hydrogens is 236 g/mol. The van der Waals surface area contributed by atoms with Crippen molar-refractivity contribution < 1.29 is 4.79 Å². The van der Waals surface area contributed by atoms with Gasteiger partial charge >= 0.3 is 0 Å². The smallest absolute Gasteiger partial charge is 0.232 e. The van der Waals surface area contributed by atoms with Gasteiger partial charge in [-0.3, -0.25) is 4.79 Å². The normalized spacial score (nSPS) is 23.4. The maximum atomic E-state index is 12.1. The van der Waals surface area contributed by atoms with E-state index in [-0.39, 0.29) is 11.3 Å². The van der Waals surface area contributed by atoms with Gasteiger partial charge in [-0.2, -0.15) is 0 Å². The van der Waals surface area contributed by atoms with Gasteiger partial charge in [0.25, 0.3) is 0 Å². The van der Waals surface area contributed by atoms with E-state index in [0.717, 1.165) is 23.4 Å². The number of benzene rings is 1. The van der Waals surface area contributed by atoms with Gasteiger partial charge in [0.1, 0.15) is 0 Å². The molecule has 1 atom stereocenters. The first-order chi connectivity index (χ1) is 7.98. The van der Waals surface area contributed by atoms with Crippen molar-refractivity contribution in [1.82, 2.24) is 0 Å². The van der Waals surface area contributed by atoms with Crippen LogP contribution in [-0.2, 0) is 4.79 Å². The summed E-state index contributed by atoms with van der Waals surface area (Å²) in [7, 11) is 0. The van der Waals surface area contributed by atoms with E-state index in [2.05, 4.69) is 10.6 Å². The molecule has 0 aliphatic carbocycles. The number of hydrogen-bond donors (Lipinski definition) is 2. The first kappa shape index (κ1) is 12.2. The maximum absolute atomic E-state index is 12.1. The molecule has 0 fully saturated rings. The first-order valence-electron chi connectivity index (χ1n) is 5.82. The molecular formula is C13H17ClN2O. The number of fused-ring (bicyclic) bond motifs is 1. The highest BCUT2D eigenvalue weighted by molar-refractivity contribution is 6.32. The molecule has 0 radical (unpaired) electrons. The van der Waals surface area contributed by atoms with Crippen molar-refractivity contribution in [2.24, 2.45) is 5.41 Å². The fraction of sp³-hybridized carbons (Fsp3) is 0.462. The molecule has 0 spiro atoms. The highest BCUT2D eigenvalue weighted by Crippen LogP contribution is 2.36. The van der Waals surface area contributed by atoms with Crippen LogP contribution in [0.1, 0.15) is 25.8 Å². The standard InChI is InChI=1S/C13H17ClN2O/c1-4-13(3)7-15-11-8(2)9(14)5-6-10(11)16-12(13)17/h5-6,15H,4,7H2,1-3H3,(H,16,17). The lowest BCUT2D eigenvalue weighted by atomic mass is 9.86. The van der Waals surface area contributed by atoms with Crippen molar-refractivity contribution in [1.29, 1.82) is 0 Å². The maximum Gasteiger partial charge on any atom is 0.232 e. The molecule has 2 N–H and O–H groups in total. The van der Waals surface area contributed by atoms with Crippen LogP contribution in [0.4, 0.5) is 11.4 Å². The number of hydrogen-bond acceptors (Lipinski definition) is 2. The average Bonchev–Trinajstić information content (AvgIpc) is 2.44. The van der Waals surface area contributed by atoms with E-state index in [1.807, 2.05) is 32.9 Å². The molecule has 1 aromatic rings. The zero-order valence-electron chi connectivity index (χ0n) is 10.4. The van der Waals surface area contributed by atoms with Crippen LogP contribution >= 0.6 is 11.6 Å². The van der Waals surface area contributed by atoms with E-state index in [0.29, 0.717) is 11.6 Å². The third-order valence-corrected chi connectivity index (χ3v) is 4.04. The fourth-order valence-corrected chi connectivity index (χ4v) is 2.10. The Morgan fingerprint density at radius 2 is 2.18 bits per heavy atom. The van der Waals surface area contributed by atoms with E-state index in [1.165, 1.54) is 0 Å². The van der Waals surface area contributed by atoms with Crippen molar-refractivity contribution >= 4 is 28.9 Å². The van der Waals surface area contributed by atoms with Crippen LogP contribution in [0.5, 0.6) is 0 Å². The monoisotopic (exact) mass is 252 g/mol. The third-order valence-electron chi connectivity index (χ3n) is 3.63. The van der Waals surface area contributed by atoms with E-state index >= 15 is 0 Å². The Morgan fingerprint density at radius 1 is 1.47 bits per heavy atom. The summed E-state index contributed by atoms with van der Waals surface area (Å²) in [5.74, 6) is 0.0629. The van der Waals surface area contributed by atoms with Gasteiger partial charge in [-0.05, 0) is 38.0 Å². The molecule has 0 saturated heterocycles. The Bertz CT molecular complexity index is 473. The molecule has 92 valence electrons. The fourth-order valence-electron chi connectivity index (χ4n) is 1.94. The van der Waals surface area contributed by atoms with Gasteiger partial charge in [0.2, 0.25) is 5.91 Å². The number of amides is 1. The Hall–Kier alpha value is -1.22. The van der Waals surface area contributed by atoms with Crippen molar-refractivity contribution in [2.75, 3.05) is 17.2 Å². The summed E-state index contributed by atoms with van der Waals surface area (Å²) >= 11 is 6.09. The molecule has 1 amide bonds. The van der Waals surface area contributed by atoms with Crippen LogP contribution in [0.3, 0.4) is 0 Å². The first-order valence-corrected chi connectivity index (χ1v) is 6.20.